The molecule has 4 rings (SSSR count). The summed E-state index contributed by atoms with van der Waals surface area (Å²) in [6.07, 6.45) is 0. The normalized spacial score (nSPS) is 11.0. The second kappa shape index (κ2) is 6.13. The molecule has 3 N–H and O–H groups in total. The molecule has 0 saturated carbocycles. The van der Waals surface area contributed by atoms with Crippen LogP contribution in [0.25, 0.3) is 28.2 Å². The molecule has 0 aliphatic carbocycles. The Labute approximate surface area is 150 Å². The molecule has 1 amide bonds. The molecule has 134 valence electrons. The van der Waals surface area contributed by atoms with Gasteiger partial charge in [0, 0.05) is 5.56 Å². The first kappa shape index (κ1) is 16.6. The van der Waals surface area contributed by atoms with E-state index in [1.54, 1.807) is 6.07 Å². The van der Waals surface area contributed by atoms with Crippen LogP contribution in [-0.4, -0.2) is 25.4 Å². The average molecular weight is 367 g/mol. The number of benzene rings is 2. The van der Waals surface area contributed by atoms with Crippen LogP contribution in [0.2, 0.25) is 0 Å². The summed E-state index contributed by atoms with van der Waals surface area (Å²) in [6, 6.07) is 10.6. The van der Waals surface area contributed by atoms with Crippen molar-refractivity contribution >= 4 is 17.1 Å². The zero-order valence-corrected chi connectivity index (χ0v) is 13.6. The Kier molecular flexibility index (Phi) is 3.76. The van der Waals surface area contributed by atoms with Crippen molar-refractivity contribution in [1.82, 2.24) is 19.5 Å². The van der Waals surface area contributed by atoms with Crippen LogP contribution in [0.3, 0.4) is 0 Å². The van der Waals surface area contributed by atoms with Crippen molar-refractivity contribution in [2.75, 3.05) is 0 Å². The van der Waals surface area contributed by atoms with Crippen molar-refractivity contribution in [3.63, 3.8) is 0 Å². The number of hydrogen-bond donors (Lipinski definition) is 2. The summed E-state index contributed by atoms with van der Waals surface area (Å²) in [4.78, 5) is 35.2. The minimum atomic E-state index is -0.882. The zero-order valence-electron chi connectivity index (χ0n) is 13.6. The van der Waals surface area contributed by atoms with Crippen LogP contribution in [0, 0.1) is 11.6 Å². The van der Waals surface area contributed by atoms with E-state index in [4.69, 9.17) is 5.73 Å². The number of imidazole rings is 1. The molecular weight excluding hydrogens is 356 g/mol. The number of primary amides is 1. The third kappa shape index (κ3) is 2.84. The van der Waals surface area contributed by atoms with Crippen LogP contribution in [0.5, 0.6) is 0 Å². The Morgan fingerprint density at radius 3 is 2.44 bits per heavy atom. The van der Waals surface area contributed by atoms with Crippen molar-refractivity contribution < 1.29 is 13.6 Å². The molecule has 0 unspecified atom stereocenters. The van der Waals surface area contributed by atoms with Gasteiger partial charge in [0.15, 0.2) is 17.2 Å². The number of halogens is 2. The molecule has 2 aromatic carbocycles. The molecule has 2 heterocycles. The van der Waals surface area contributed by atoms with E-state index in [9.17, 15) is 18.4 Å². The van der Waals surface area contributed by atoms with Crippen molar-refractivity contribution in [3.8, 4) is 17.1 Å². The topological polar surface area (TPSA) is 107 Å². The minimum Gasteiger partial charge on any atom is -0.364 e. The van der Waals surface area contributed by atoms with Gasteiger partial charge in [-0.15, -0.1) is 0 Å². The number of nitrogens with zero attached hydrogens (tertiary/aromatic N) is 3. The molecule has 0 bridgehead atoms. The van der Waals surface area contributed by atoms with E-state index in [-0.39, 0.29) is 22.7 Å². The maximum atomic E-state index is 13.6. The van der Waals surface area contributed by atoms with Gasteiger partial charge < -0.3 is 10.7 Å². The summed E-state index contributed by atoms with van der Waals surface area (Å²) in [5, 5.41) is 0. The van der Waals surface area contributed by atoms with Crippen molar-refractivity contribution in [1.29, 1.82) is 0 Å². The van der Waals surface area contributed by atoms with Gasteiger partial charge in [0.25, 0.3) is 5.91 Å². The highest BCUT2D eigenvalue weighted by atomic mass is 19.1. The molecule has 0 fully saturated rings. The van der Waals surface area contributed by atoms with Gasteiger partial charge in [-0.1, -0.05) is 12.1 Å². The van der Waals surface area contributed by atoms with Gasteiger partial charge in [0.05, 0.1) is 5.69 Å². The zero-order chi connectivity index (χ0) is 19.1. The average Bonchev–Trinajstić information content (AvgIpc) is 2.97. The number of carbonyl (C=O) groups excluding carboxylic acids is 1. The van der Waals surface area contributed by atoms with Gasteiger partial charge in [-0.3, -0.25) is 4.79 Å². The van der Waals surface area contributed by atoms with Crippen LogP contribution in [0.4, 0.5) is 8.78 Å². The molecule has 2 aromatic heterocycles. The SMILES string of the molecule is NC(=O)c1nc(-c2cccc(F)c2)nc2c1[nH]c(=O)n2-c1ccc(F)cc1. The number of H-pyrrole nitrogens is 1. The van der Waals surface area contributed by atoms with E-state index < -0.39 is 23.2 Å². The molecule has 0 radical (unpaired) electrons. The number of fused-ring (bicyclic) bond motifs is 1. The highest BCUT2D eigenvalue weighted by Crippen LogP contribution is 2.22. The maximum Gasteiger partial charge on any atom is 0.332 e. The largest absolute Gasteiger partial charge is 0.364 e. The molecule has 4 aromatic rings. The van der Waals surface area contributed by atoms with Crippen LogP contribution in [0.1, 0.15) is 10.5 Å². The third-order valence-corrected chi connectivity index (χ3v) is 3.94. The lowest BCUT2D eigenvalue weighted by molar-refractivity contribution is 0.0997. The van der Waals surface area contributed by atoms with Crippen LogP contribution < -0.4 is 11.4 Å². The van der Waals surface area contributed by atoms with E-state index in [0.717, 1.165) is 4.57 Å². The van der Waals surface area contributed by atoms with Crippen molar-refractivity contribution in [3.05, 3.63) is 76.3 Å². The number of aromatic amines is 1. The molecule has 0 aliphatic heterocycles. The first-order chi connectivity index (χ1) is 12.9. The fraction of sp³-hybridized carbons (Fsp3) is 0. The summed E-state index contributed by atoms with van der Waals surface area (Å²) in [5.74, 6) is -1.85. The Morgan fingerprint density at radius 1 is 1.04 bits per heavy atom. The lowest BCUT2D eigenvalue weighted by Crippen LogP contribution is -2.15. The quantitative estimate of drug-likeness (QED) is 0.579. The third-order valence-electron chi connectivity index (χ3n) is 3.94. The van der Waals surface area contributed by atoms with E-state index in [2.05, 4.69) is 15.0 Å². The molecular formula is C18H11F2N5O2. The summed E-state index contributed by atoms with van der Waals surface area (Å²) in [5.41, 5.74) is 5.31. The minimum absolute atomic E-state index is 0.0191. The van der Waals surface area contributed by atoms with Gasteiger partial charge >= 0.3 is 5.69 Å². The second-order valence-electron chi connectivity index (χ2n) is 5.71. The molecule has 0 atom stereocenters. The van der Waals surface area contributed by atoms with Crippen LogP contribution in [-0.2, 0) is 0 Å². The van der Waals surface area contributed by atoms with Crippen LogP contribution in [0.15, 0.2) is 53.3 Å². The highest BCUT2D eigenvalue weighted by Gasteiger charge is 2.20. The van der Waals surface area contributed by atoms with E-state index in [1.807, 2.05) is 0 Å². The first-order valence-electron chi connectivity index (χ1n) is 7.78. The lowest BCUT2D eigenvalue weighted by atomic mass is 10.2. The number of hydrogen-bond acceptors (Lipinski definition) is 4. The summed E-state index contributed by atoms with van der Waals surface area (Å²) >= 11 is 0. The fourth-order valence-electron chi connectivity index (χ4n) is 2.75. The number of nitrogens with two attached hydrogens (primary N) is 1. The highest BCUT2D eigenvalue weighted by molar-refractivity contribution is 6.02. The molecule has 0 saturated heterocycles. The molecule has 0 aliphatic rings. The fourth-order valence-corrected chi connectivity index (χ4v) is 2.75. The van der Waals surface area contributed by atoms with Crippen LogP contribution >= 0.6 is 0 Å². The Balaban J connectivity index is 2.06. The van der Waals surface area contributed by atoms with Gasteiger partial charge in [-0.25, -0.2) is 28.1 Å². The van der Waals surface area contributed by atoms with E-state index >= 15 is 0 Å². The van der Waals surface area contributed by atoms with Gasteiger partial charge in [0.2, 0.25) is 0 Å². The van der Waals surface area contributed by atoms with Crippen molar-refractivity contribution in [2.45, 2.75) is 0 Å². The molecule has 9 heteroatoms. The predicted octanol–water partition coefficient (Wildman–Crippen LogP) is 2.15. The van der Waals surface area contributed by atoms with E-state index in [1.165, 1.54) is 42.5 Å². The molecule has 7 nitrogen and oxygen atoms in total. The first-order valence-corrected chi connectivity index (χ1v) is 7.78. The number of amides is 1. The molecule has 27 heavy (non-hydrogen) atoms. The summed E-state index contributed by atoms with van der Waals surface area (Å²) < 4.78 is 27.9. The predicted molar refractivity (Wildman–Crippen MR) is 93.4 cm³/mol. The van der Waals surface area contributed by atoms with Gasteiger partial charge in [0.1, 0.15) is 17.2 Å². The van der Waals surface area contributed by atoms with E-state index in [0.29, 0.717) is 11.3 Å². The Bertz CT molecular complexity index is 1250. The monoisotopic (exact) mass is 367 g/mol. The number of nitrogens with one attached hydrogen (secondary N) is 1. The second-order valence-corrected chi connectivity index (χ2v) is 5.71. The Hall–Kier alpha value is -3.88. The van der Waals surface area contributed by atoms with Crippen molar-refractivity contribution in [2.24, 2.45) is 5.73 Å². The number of carbonyl (C=O) groups is 1. The molecule has 0 spiro atoms. The smallest absolute Gasteiger partial charge is 0.332 e. The number of aromatic nitrogens is 4. The number of rotatable bonds is 3. The van der Waals surface area contributed by atoms with Gasteiger partial charge in [-0.2, -0.15) is 0 Å². The summed E-state index contributed by atoms with van der Waals surface area (Å²) in [6.45, 7) is 0. The Morgan fingerprint density at radius 2 is 1.78 bits per heavy atom. The summed E-state index contributed by atoms with van der Waals surface area (Å²) in [7, 11) is 0. The standard InChI is InChI=1S/C18H11F2N5O2/c19-10-4-6-12(7-5-10)25-17-14(23-18(25)27)13(15(21)26)22-16(24-17)9-2-1-3-11(20)8-9/h1-8H,(H2,21,26)(H,23,27). The van der Waals surface area contributed by atoms with Gasteiger partial charge in [-0.05, 0) is 36.4 Å². The maximum absolute atomic E-state index is 13.6. The lowest BCUT2D eigenvalue weighted by Gasteiger charge is -2.06.